The molecule has 0 spiro atoms. The van der Waals surface area contributed by atoms with E-state index in [2.05, 4.69) is 46.9 Å². The van der Waals surface area contributed by atoms with Crippen LogP contribution in [0, 0.1) is 0 Å². The number of hydrazone groups is 1. The summed E-state index contributed by atoms with van der Waals surface area (Å²) in [5, 5.41) is 4.45. The standard InChI is InChI=1S/C28H24N2O/c1-21(27(24-13-7-3-8-14-24)25-15-9-4-10-16-25)29-30-28(31)26-19-17-23(18-20-26)22-11-5-2-6-12-22/h2-20,27H,1H3,(H,30,31)/b29-21+. The van der Waals surface area contributed by atoms with Gasteiger partial charge in [0.2, 0.25) is 0 Å². The maximum atomic E-state index is 12.7. The molecule has 0 aromatic heterocycles. The van der Waals surface area contributed by atoms with Gasteiger partial charge in [-0.15, -0.1) is 0 Å². The Morgan fingerprint density at radius 2 is 1.10 bits per heavy atom. The van der Waals surface area contributed by atoms with Gasteiger partial charge in [0.1, 0.15) is 0 Å². The van der Waals surface area contributed by atoms with Crippen molar-refractivity contribution in [1.82, 2.24) is 5.43 Å². The smallest absolute Gasteiger partial charge is 0.267 e. The molecule has 31 heavy (non-hydrogen) atoms. The van der Waals surface area contributed by atoms with Gasteiger partial charge in [-0.1, -0.05) is 103 Å². The first-order chi connectivity index (χ1) is 15.2. The molecule has 0 fully saturated rings. The van der Waals surface area contributed by atoms with Crippen LogP contribution in [0.5, 0.6) is 0 Å². The highest BCUT2D eigenvalue weighted by atomic mass is 16.2. The molecule has 1 N–H and O–H groups in total. The van der Waals surface area contributed by atoms with Gasteiger partial charge in [-0.2, -0.15) is 5.10 Å². The van der Waals surface area contributed by atoms with Crippen molar-refractivity contribution in [3.8, 4) is 11.1 Å². The molecule has 0 aliphatic heterocycles. The van der Waals surface area contributed by atoms with E-state index in [1.807, 2.05) is 85.8 Å². The van der Waals surface area contributed by atoms with Gasteiger partial charge in [0.15, 0.2) is 0 Å². The monoisotopic (exact) mass is 404 g/mol. The number of hydrogen-bond donors (Lipinski definition) is 1. The van der Waals surface area contributed by atoms with Gasteiger partial charge in [-0.25, -0.2) is 5.43 Å². The van der Waals surface area contributed by atoms with Gasteiger partial charge in [-0.3, -0.25) is 4.79 Å². The highest BCUT2D eigenvalue weighted by Gasteiger charge is 2.17. The molecular weight excluding hydrogens is 380 g/mol. The Kier molecular flexibility index (Phi) is 6.34. The minimum Gasteiger partial charge on any atom is -0.267 e. The zero-order valence-electron chi connectivity index (χ0n) is 17.4. The zero-order chi connectivity index (χ0) is 21.5. The summed E-state index contributed by atoms with van der Waals surface area (Å²) < 4.78 is 0. The van der Waals surface area contributed by atoms with Crippen LogP contribution in [0.3, 0.4) is 0 Å². The van der Waals surface area contributed by atoms with Crippen molar-refractivity contribution in [3.05, 3.63) is 132 Å². The van der Waals surface area contributed by atoms with Gasteiger partial charge >= 0.3 is 0 Å². The molecule has 4 aromatic rings. The Morgan fingerprint density at radius 3 is 1.61 bits per heavy atom. The topological polar surface area (TPSA) is 41.5 Å². The molecule has 0 radical (unpaired) electrons. The number of rotatable bonds is 6. The van der Waals surface area contributed by atoms with Gasteiger partial charge in [0.25, 0.3) is 5.91 Å². The van der Waals surface area contributed by atoms with Gasteiger partial charge in [0.05, 0.1) is 0 Å². The minimum absolute atomic E-state index is 0.0249. The fraction of sp³-hybridized carbons (Fsp3) is 0.0714. The fourth-order valence-corrected chi connectivity index (χ4v) is 3.68. The van der Waals surface area contributed by atoms with E-state index >= 15 is 0 Å². The van der Waals surface area contributed by atoms with E-state index in [1.165, 1.54) is 0 Å². The van der Waals surface area contributed by atoms with Crippen LogP contribution in [-0.2, 0) is 0 Å². The van der Waals surface area contributed by atoms with Gasteiger partial charge < -0.3 is 0 Å². The van der Waals surface area contributed by atoms with E-state index in [4.69, 9.17) is 0 Å². The number of nitrogens with zero attached hydrogens (tertiary/aromatic N) is 1. The van der Waals surface area contributed by atoms with Crippen LogP contribution >= 0.6 is 0 Å². The zero-order valence-corrected chi connectivity index (χ0v) is 17.4. The molecule has 3 heteroatoms. The van der Waals surface area contributed by atoms with Gasteiger partial charge in [-0.05, 0) is 41.3 Å². The number of carbonyl (C=O) groups excluding carboxylic acids is 1. The third-order valence-electron chi connectivity index (χ3n) is 5.27. The Hall–Kier alpha value is -3.98. The van der Waals surface area contributed by atoms with Crippen LogP contribution in [0.2, 0.25) is 0 Å². The van der Waals surface area contributed by atoms with E-state index < -0.39 is 0 Å². The van der Waals surface area contributed by atoms with Crippen LogP contribution in [0.4, 0.5) is 0 Å². The molecule has 4 rings (SSSR count). The molecule has 0 heterocycles. The molecule has 0 bridgehead atoms. The molecule has 0 saturated heterocycles. The second-order valence-electron chi connectivity index (χ2n) is 7.39. The number of carbonyl (C=O) groups is 1. The first kappa shape index (κ1) is 20.3. The lowest BCUT2D eigenvalue weighted by Crippen LogP contribution is -2.21. The lowest BCUT2D eigenvalue weighted by atomic mass is 9.88. The van der Waals surface area contributed by atoms with Crippen molar-refractivity contribution < 1.29 is 4.79 Å². The Labute approximate surface area is 183 Å². The summed E-state index contributed by atoms with van der Waals surface area (Å²) >= 11 is 0. The van der Waals surface area contributed by atoms with Crippen LogP contribution in [0.15, 0.2) is 120 Å². The highest BCUT2D eigenvalue weighted by molar-refractivity contribution is 5.97. The van der Waals surface area contributed by atoms with Crippen molar-refractivity contribution in [1.29, 1.82) is 0 Å². The van der Waals surface area contributed by atoms with Crippen LogP contribution in [-0.4, -0.2) is 11.6 Å². The summed E-state index contributed by atoms with van der Waals surface area (Å²) in [7, 11) is 0. The lowest BCUT2D eigenvalue weighted by molar-refractivity contribution is 0.0954. The fourth-order valence-electron chi connectivity index (χ4n) is 3.68. The van der Waals surface area contributed by atoms with Crippen LogP contribution in [0.1, 0.15) is 34.3 Å². The average Bonchev–Trinajstić information content (AvgIpc) is 2.85. The largest absolute Gasteiger partial charge is 0.271 e. The maximum absolute atomic E-state index is 12.7. The number of hydrogen-bond acceptors (Lipinski definition) is 2. The highest BCUT2D eigenvalue weighted by Crippen LogP contribution is 2.26. The summed E-state index contributed by atoms with van der Waals surface area (Å²) in [5.41, 5.74) is 8.60. The van der Waals surface area contributed by atoms with E-state index in [0.717, 1.165) is 28.0 Å². The van der Waals surface area contributed by atoms with E-state index in [1.54, 1.807) is 0 Å². The van der Waals surface area contributed by atoms with Crippen LogP contribution < -0.4 is 5.43 Å². The molecule has 0 aliphatic rings. The second kappa shape index (κ2) is 9.68. The molecule has 0 atom stereocenters. The summed E-state index contributed by atoms with van der Waals surface area (Å²) in [5.74, 6) is -0.248. The van der Waals surface area contributed by atoms with E-state index in [-0.39, 0.29) is 11.8 Å². The molecule has 0 saturated carbocycles. The molecule has 3 nitrogen and oxygen atoms in total. The van der Waals surface area contributed by atoms with Crippen molar-refractivity contribution >= 4 is 11.6 Å². The SMILES string of the molecule is C/C(=N\NC(=O)c1ccc(-c2ccccc2)cc1)C(c1ccccc1)c1ccccc1. The number of nitrogens with one attached hydrogen (secondary N) is 1. The van der Waals surface area contributed by atoms with E-state index in [9.17, 15) is 4.79 Å². The minimum atomic E-state index is -0.223. The molecule has 152 valence electrons. The quantitative estimate of drug-likeness (QED) is 0.298. The Bertz CT molecular complexity index is 1110. The van der Waals surface area contributed by atoms with Crippen molar-refractivity contribution in [2.24, 2.45) is 5.10 Å². The molecule has 0 unspecified atom stereocenters. The van der Waals surface area contributed by atoms with Gasteiger partial charge in [0, 0.05) is 17.2 Å². The predicted molar refractivity (Wildman–Crippen MR) is 127 cm³/mol. The Balaban J connectivity index is 1.53. The number of amides is 1. The molecule has 1 amide bonds. The summed E-state index contributed by atoms with van der Waals surface area (Å²) in [6.07, 6.45) is 0. The first-order valence-corrected chi connectivity index (χ1v) is 10.3. The molecule has 4 aromatic carbocycles. The summed E-state index contributed by atoms with van der Waals surface area (Å²) in [4.78, 5) is 12.7. The van der Waals surface area contributed by atoms with Crippen molar-refractivity contribution in [2.75, 3.05) is 0 Å². The first-order valence-electron chi connectivity index (χ1n) is 10.3. The lowest BCUT2D eigenvalue weighted by Gasteiger charge is -2.18. The molecular formula is C28H24N2O. The summed E-state index contributed by atoms with van der Waals surface area (Å²) in [6, 6.07) is 38.1. The third-order valence-corrected chi connectivity index (χ3v) is 5.27. The van der Waals surface area contributed by atoms with E-state index in [0.29, 0.717) is 5.56 Å². The maximum Gasteiger partial charge on any atom is 0.271 e. The average molecular weight is 405 g/mol. The second-order valence-corrected chi connectivity index (χ2v) is 7.39. The van der Waals surface area contributed by atoms with Crippen LogP contribution in [0.25, 0.3) is 11.1 Å². The Morgan fingerprint density at radius 1 is 0.645 bits per heavy atom. The predicted octanol–water partition coefficient (Wildman–Crippen LogP) is 6.29. The summed E-state index contributed by atoms with van der Waals surface area (Å²) in [6.45, 7) is 1.95. The number of benzene rings is 4. The van der Waals surface area contributed by atoms with Crippen molar-refractivity contribution in [2.45, 2.75) is 12.8 Å². The van der Waals surface area contributed by atoms with Crippen molar-refractivity contribution in [3.63, 3.8) is 0 Å². The normalized spacial score (nSPS) is 11.4. The third kappa shape index (κ3) is 4.96. The molecule has 0 aliphatic carbocycles.